The molecule has 0 aliphatic heterocycles. The van der Waals surface area contributed by atoms with Crippen molar-refractivity contribution in [3.05, 3.63) is 186 Å². The maximum atomic E-state index is 17.3. The van der Waals surface area contributed by atoms with Crippen molar-refractivity contribution in [3.8, 4) is 0 Å². The number of carbonyl (C=O) groups is 4. The third-order valence-electron chi connectivity index (χ3n) is 14.2. The molecule has 6 aromatic rings. The van der Waals surface area contributed by atoms with Gasteiger partial charge in [0.25, 0.3) is 23.6 Å². The first kappa shape index (κ1) is 66.6. The lowest BCUT2D eigenvalue weighted by atomic mass is 9.92. The van der Waals surface area contributed by atoms with Gasteiger partial charge in [-0.25, -0.2) is 17.6 Å². The summed E-state index contributed by atoms with van der Waals surface area (Å²) in [4.78, 5) is 58.2. The van der Waals surface area contributed by atoms with E-state index in [2.05, 4.69) is 0 Å². The number of amides is 4. The Morgan fingerprint density at radius 3 is 1.35 bits per heavy atom. The van der Waals surface area contributed by atoms with E-state index in [1.165, 1.54) is 41.7 Å². The van der Waals surface area contributed by atoms with Crippen LogP contribution in [0, 0.1) is 27.0 Å². The average molecular weight is 1410 g/mol. The van der Waals surface area contributed by atoms with Gasteiger partial charge in [0, 0.05) is 43.9 Å². The Labute approximate surface area is 498 Å². The summed E-state index contributed by atoms with van der Waals surface area (Å²) < 4.78 is 315. The number of hydrogen-bond acceptors (Lipinski definition) is 4. The van der Waals surface area contributed by atoms with E-state index < -0.39 is 170 Å². The summed E-state index contributed by atoms with van der Waals surface area (Å²) in [5.74, 6) is -11.5. The van der Waals surface area contributed by atoms with E-state index in [0.29, 0.717) is 27.4 Å². The molecule has 470 valence electrons. The van der Waals surface area contributed by atoms with E-state index in [9.17, 15) is 103 Å². The van der Waals surface area contributed by atoms with Crippen LogP contribution in [0.5, 0.6) is 0 Å². The van der Waals surface area contributed by atoms with Crippen molar-refractivity contribution < 1.29 is 116 Å². The molecule has 4 amide bonds. The van der Waals surface area contributed by atoms with E-state index in [0.717, 1.165) is 41.3 Å². The van der Waals surface area contributed by atoms with Gasteiger partial charge in [-0.3, -0.25) is 19.2 Å². The molecule has 32 heteroatoms. The largest absolute Gasteiger partial charge is 0.435 e. The Morgan fingerprint density at radius 2 is 0.920 bits per heavy atom. The number of nitrogens with zero attached hydrogens (tertiary/aromatic N) is 2. The summed E-state index contributed by atoms with van der Waals surface area (Å²) in [6.45, 7) is -0.959. The highest BCUT2D eigenvalue weighted by molar-refractivity contribution is 14.1. The summed E-state index contributed by atoms with van der Waals surface area (Å²) in [6.07, 6.45) is -38.6. The molecule has 6 aromatic carbocycles. The number of benzene rings is 6. The highest BCUT2D eigenvalue weighted by Gasteiger charge is 2.75. The highest BCUT2D eigenvalue weighted by Crippen LogP contribution is 2.57. The lowest BCUT2D eigenvalue weighted by Crippen LogP contribution is -2.50. The summed E-state index contributed by atoms with van der Waals surface area (Å²) >= 11 is 7.91. The highest BCUT2D eigenvalue weighted by atomic mass is 127. The molecule has 2 aliphatic carbocycles. The van der Waals surface area contributed by atoms with Gasteiger partial charge in [0.15, 0.2) is 11.6 Å². The molecular formula is C56H34ClF22IN4O4. The minimum atomic E-state index is -6.89. The third kappa shape index (κ3) is 13.2. The normalized spacial score (nSPS) is 16.0. The third-order valence-corrected chi connectivity index (χ3v) is 15.2. The second-order valence-corrected chi connectivity index (χ2v) is 21.8. The van der Waals surface area contributed by atoms with Gasteiger partial charge >= 0.3 is 48.4 Å². The number of carbonyl (C=O) groups excluding carboxylic acids is 4. The summed E-state index contributed by atoms with van der Waals surface area (Å²) in [5.41, 5.74) is -30.7. The van der Waals surface area contributed by atoms with Crippen LogP contribution in [0.25, 0.3) is 0 Å². The Morgan fingerprint density at radius 1 is 0.500 bits per heavy atom. The molecule has 2 N–H and O–H groups in total. The number of anilines is 4. The first-order valence-corrected chi connectivity index (χ1v) is 26.4. The lowest BCUT2D eigenvalue weighted by Gasteiger charge is -2.31. The maximum Gasteiger partial charge on any atom is 0.435 e. The molecule has 0 aromatic heterocycles. The van der Waals surface area contributed by atoms with Crippen LogP contribution in [0.2, 0.25) is 5.02 Å². The van der Waals surface area contributed by atoms with Crippen molar-refractivity contribution in [2.24, 2.45) is 11.8 Å². The van der Waals surface area contributed by atoms with E-state index in [-0.39, 0.29) is 64.9 Å². The Bertz CT molecular complexity index is 3670. The minimum absolute atomic E-state index is 0.0509. The van der Waals surface area contributed by atoms with Crippen LogP contribution in [0.1, 0.15) is 94.4 Å². The molecule has 88 heavy (non-hydrogen) atoms. The van der Waals surface area contributed by atoms with Crippen molar-refractivity contribution in [1.29, 1.82) is 0 Å². The summed E-state index contributed by atoms with van der Waals surface area (Å²) in [6, 6.07) is 11.6. The second kappa shape index (κ2) is 23.6. The zero-order valence-corrected chi connectivity index (χ0v) is 46.2. The molecule has 2 aliphatic rings. The smallest absolute Gasteiger partial charge is 0.321 e. The first-order chi connectivity index (χ1) is 40.5. The quantitative estimate of drug-likeness (QED) is 0.0790. The maximum absolute atomic E-state index is 17.3. The Hall–Kier alpha value is -7.32. The van der Waals surface area contributed by atoms with Gasteiger partial charge in [-0.15, -0.1) is 0 Å². The minimum Gasteiger partial charge on any atom is -0.321 e. The molecular weight excluding hydrogens is 1370 g/mol. The summed E-state index contributed by atoms with van der Waals surface area (Å²) in [7, 11) is 0. The van der Waals surface area contributed by atoms with Gasteiger partial charge in [0.05, 0.1) is 45.0 Å². The van der Waals surface area contributed by atoms with Crippen molar-refractivity contribution in [3.63, 3.8) is 0 Å². The fourth-order valence-corrected chi connectivity index (χ4v) is 9.88. The van der Waals surface area contributed by atoms with Gasteiger partial charge in [-0.2, -0.15) is 79.0 Å². The van der Waals surface area contributed by atoms with Gasteiger partial charge in [0.2, 0.25) is 0 Å². The topological polar surface area (TPSA) is 98.8 Å². The number of rotatable bonds is 15. The fourth-order valence-electron chi connectivity index (χ4n) is 9.40. The standard InChI is InChI=1S/C56H34ClF22IN4O4/c57-32-12-6-26(7-13-32)48(88)84(41-3-1-2-34(43(41)58)45(85)81-39-16-10-30(21-37(39)51(62,63)64)49(60,53(68,69)70)54(71,72)73)24-29-19-35(29)28-18-36(44(59)42(20-28)83(23-25-4-5-25)47(87)27-8-14-33(80)15-9-27)46(86)82-40-17-11-31(22-38(40)52(65,66)67)50(61,55(74,75)76)56(77,78)79/h1-3,6-18,20-22,25,29,35H,4-5,19,23-24H2,(H,81,85)(H,82,86). The van der Waals surface area contributed by atoms with Crippen molar-refractivity contribution in [2.75, 3.05) is 33.5 Å². The molecule has 0 spiro atoms. The van der Waals surface area contributed by atoms with Crippen LogP contribution in [-0.2, 0) is 23.7 Å². The molecule has 2 unspecified atom stereocenters. The SMILES string of the molecule is O=C(Nc1ccc(C(F)(C(F)(F)F)C(F)(F)F)cc1C(F)(F)F)c1cc(C2CC2CN(C(=O)c2ccc(Cl)cc2)c2cccc(C(=O)Nc3ccc(C(F)(C(F)(F)F)C(F)(F)F)cc3C(F)(F)F)c2F)cc(N(CC2CC2)C(=O)c2ccc(I)cc2)c1F. The molecule has 0 heterocycles. The predicted molar refractivity (Wildman–Crippen MR) is 279 cm³/mol. The Kier molecular flexibility index (Phi) is 17.8. The van der Waals surface area contributed by atoms with Crippen LogP contribution in [-0.4, -0.2) is 61.4 Å². The number of hydrogen-bond donors (Lipinski definition) is 2. The van der Waals surface area contributed by atoms with E-state index in [4.69, 9.17) is 11.6 Å². The molecule has 0 saturated heterocycles. The van der Waals surface area contributed by atoms with E-state index in [1.807, 2.05) is 22.6 Å². The average Bonchev–Trinajstić information content (AvgIpc) is 1.96. The zero-order valence-electron chi connectivity index (χ0n) is 43.3. The number of nitrogens with one attached hydrogen (secondary N) is 2. The Balaban J connectivity index is 1.20. The zero-order chi connectivity index (χ0) is 65.4. The van der Waals surface area contributed by atoms with Crippen LogP contribution in [0.15, 0.2) is 115 Å². The molecule has 2 saturated carbocycles. The predicted octanol–water partition coefficient (Wildman–Crippen LogP) is 17.9. The molecule has 8 rings (SSSR count). The molecule has 2 fully saturated rings. The van der Waals surface area contributed by atoms with Crippen LogP contribution < -0.4 is 20.4 Å². The summed E-state index contributed by atoms with van der Waals surface area (Å²) in [5, 5.41) is 3.16. The van der Waals surface area contributed by atoms with Crippen molar-refractivity contribution in [2.45, 2.75) is 73.6 Å². The van der Waals surface area contributed by atoms with Gasteiger partial charge in [-0.1, -0.05) is 29.8 Å². The second-order valence-electron chi connectivity index (χ2n) is 20.2. The van der Waals surface area contributed by atoms with Crippen LogP contribution >= 0.6 is 34.2 Å². The first-order valence-electron chi connectivity index (χ1n) is 25.0. The molecule has 2 atom stereocenters. The molecule has 0 radical (unpaired) electrons. The van der Waals surface area contributed by atoms with E-state index in [1.54, 1.807) is 5.32 Å². The lowest BCUT2D eigenvalue weighted by molar-refractivity contribution is -0.349. The van der Waals surface area contributed by atoms with E-state index >= 15 is 13.2 Å². The van der Waals surface area contributed by atoms with Crippen LogP contribution in [0.4, 0.5) is 119 Å². The van der Waals surface area contributed by atoms with Crippen LogP contribution in [0.3, 0.4) is 0 Å². The number of halogens is 24. The van der Waals surface area contributed by atoms with Crippen molar-refractivity contribution in [1.82, 2.24) is 0 Å². The van der Waals surface area contributed by atoms with Gasteiger partial charge in [0.1, 0.15) is 0 Å². The van der Waals surface area contributed by atoms with Crippen molar-refractivity contribution >= 4 is 80.6 Å². The fraction of sp³-hybridized carbons (Fsp3) is 0.286. The molecule has 0 bridgehead atoms. The van der Waals surface area contributed by atoms with Gasteiger partial charge < -0.3 is 20.4 Å². The van der Waals surface area contributed by atoms with Gasteiger partial charge in [-0.05, 0) is 162 Å². The number of alkyl halides is 20. The monoisotopic (exact) mass is 1410 g/mol. The molecule has 8 nitrogen and oxygen atoms in total.